The Hall–Kier alpha value is -0.830. The molecule has 1 aliphatic carbocycles. The maximum absolute atomic E-state index is 11.5. The molecule has 2 nitrogen and oxygen atoms in total. The van der Waals surface area contributed by atoms with Gasteiger partial charge in [-0.3, -0.25) is 4.79 Å². The molecule has 86 valence electrons. The maximum atomic E-state index is 11.5. The summed E-state index contributed by atoms with van der Waals surface area (Å²) in [7, 11) is 0. The van der Waals surface area contributed by atoms with Crippen molar-refractivity contribution in [3.63, 3.8) is 0 Å². The lowest BCUT2D eigenvalue weighted by molar-refractivity contribution is -0.144. The number of esters is 1. The van der Waals surface area contributed by atoms with Gasteiger partial charge in [-0.15, -0.1) is 0 Å². The van der Waals surface area contributed by atoms with Crippen molar-refractivity contribution >= 4 is 21.9 Å². The number of benzene rings is 1. The third kappa shape index (κ3) is 2.29. The van der Waals surface area contributed by atoms with Gasteiger partial charge in [0.2, 0.25) is 0 Å². The monoisotopic (exact) mass is 282 g/mol. The summed E-state index contributed by atoms with van der Waals surface area (Å²) in [5, 5.41) is 0. The molecule has 1 saturated carbocycles. The fourth-order valence-electron chi connectivity index (χ4n) is 1.98. The molecule has 1 aromatic carbocycles. The summed E-state index contributed by atoms with van der Waals surface area (Å²) in [4.78, 5) is 11.5. The summed E-state index contributed by atoms with van der Waals surface area (Å²) in [5.74, 6) is 0.355. The van der Waals surface area contributed by atoms with Gasteiger partial charge in [0.15, 0.2) is 0 Å². The van der Waals surface area contributed by atoms with Crippen molar-refractivity contribution in [1.82, 2.24) is 0 Å². The molecule has 1 aromatic rings. The number of ether oxygens (including phenoxy) is 1. The zero-order valence-corrected chi connectivity index (χ0v) is 11.1. The minimum absolute atomic E-state index is 0.0556. The zero-order valence-electron chi connectivity index (χ0n) is 9.50. The van der Waals surface area contributed by atoms with Crippen LogP contribution in [0.5, 0.6) is 0 Å². The molecular weight excluding hydrogens is 268 g/mol. The van der Waals surface area contributed by atoms with E-state index in [0.717, 1.165) is 10.9 Å². The van der Waals surface area contributed by atoms with Gasteiger partial charge >= 0.3 is 5.97 Å². The van der Waals surface area contributed by atoms with Gasteiger partial charge in [-0.2, -0.15) is 0 Å². The molecule has 1 fully saturated rings. The standard InChI is InChI=1S/C13H15BrO2/c1-3-16-13(15)11-7-10(11)9-5-4-8(2)6-12(9)14/h4-6,10-11H,3,7H2,1-2H3/t10-,11+/m0/s1. The Labute approximate surface area is 104 Å². The van der Waals surface area contributed by atoms with Crippen LogP contribution in [0.1, 0.15) is 30.4 Å². The second-order valence-electron chi connectivity index (χ2n) is 4.23. The summed E-state index contributed by atoms with van der Waals surface area (Å²) in [6.45, 7) is 4.37. The van der Waals surface area contributed by atoms with E-state index in [2.05, 4.69) is 41.1 Å². The Morgan fingerprint density at radius 1 is 1.56 bits per heavy atom. The van der Waals surface area contributed by atoms with Crippen LogP contribution >= 0.6 is 15.9 Å². The first kappa shape index (κ1) is 11.6. The molecule has 0 amide bonds. The Morgan fingerprint density at radius 3 is 2.94 bits per heavy atom. The lowest BCUT2D eigenvalue weighted by Crippen LogP contribution is -2.07. The van der Waals surface area contributed by atoms with E-state index in [9.17, 15) is 4.79 Å². The largest absolute Gasteiger partial charge is 0.466 e. The predicted octanol–water partition coefficient (Wildman–Crippen LogP) is 3.42. The van der Waals surface area contributed by atoms with Crippen molar-refractivity contribution in [2.75, 3.05) is 6.61 Å². The van der Waals surface area contributed by atoms with Crippen molar-refractivity contribution in [3.05, 3.63) is 33.8 Å². The molecule has 2 atom stereocenters. The average molecular weight is 283 g/mol. The lowest BCUT2D eigenvalue weighted by Gasteiger charge is -2.05. The fraction of sp³-hybridized carbons (Fsp3) is 0.462. The quantitative estimate of drug-likeness (QED) is 0.794. The van der Waals surface area contributed by atoms with Crippen molar-refractivity contribution in [3.8, 4) is 0 Å². The van der Waals surface area contributed by atoms with Crippen LogP contribution < -0.4 is 0 Å². The van der Waals surface area contributed by atoms with Gasteiger partial charge in [0.05, 0.1) is 12.5 Å². The minimum Gasteiger partial charge on any atom is -0.466 e. The molecule has 0 aromatic heterocycles. The molecule has 0 bridgehead atoms. The summed E-state index contributed by atoms with van der Waals surface area (Å²) in [6, 6.07) is 6.28. The third-order valence-corrected chi connectivity index (χ3v) is 3.62. The van der Waals surface area contributed by atoms with Crippen molar-refractivity contribution in [1.29, 1.82) is 0 Å². The maximum Gasteiger partial charge on any atom is 0.309 e. The zero-order chi connectivity index (χ0) is 11.7. The van der Waals surface area contributed by atoms with Gasteiger partial charge in [0.25, 0.3) is 0 Å². The van der Waals surface area contributed by atoms with Gasteiger partial charge < -0.3 is 4.74 Å². The molecule has 0 unspecified atom stereocenters. The lowest BCUT2D eigenvalue weighted by atomic mass is 10.1. The molecule has 2 rings (SSSR count). The molecule has 0 radical (unpaired) electrons. The van der Waals surface area contributed by atoms with E-state index in [4.69, 9.17) is 4.74 Å². The molecule has 0 spiro atoms. The predicted molar refractivity (Wildman–Crippen MR) is 66.4 cm³/mol. The summed E-state index contributed by atoms with van der Waals surface area (Å²) in [5.41, 5.74) is 2.45. The molecule has 0 aliphatic heterocycles. The van der Waals surface area contributed by atoms with E-state index >= 15 is 0 Å². The highest BCUT2D eigenvalue weighted by molar-refractivity contribution is 9.10. The highest BCUT2D eigenvalue weighted by atomic mass is 79.9. The summed E-state index contributed by atoms with van der Waals surface area (Å²) >= 11 is 3.55. The van der Waals surface area contributed by atoms with Crippen molar-refractivity contribution in [2.45, 2.75) is 26.2 Å². The Kier molecular flexibility index (Phi) is 3.33. The number of hydrogen-bond donors (Lipinski definition) is 0. The highest BCUT2D eigenvalue weighted by Gasteiger charge is 2.45. The van der Waals surface area contributed by atoms with E-state index in [1.54, 1.807) is 0 Å². The number of halogens is 1. The Bertz CT molecular complexity index is 414. The minimum atomic E-state index is -0.0556. The van der Waals surface area contributed by atoms with E-state index in [0.29, 0.717) is 12.5 Å². The van der Waals surface area contributed by atoms with Gasteiger partial charge in [-0.1, -0.05) is 28.1 Å². The summed E-state index contributed by atoms with van der Waals surface area (Å²) < 4.78 is 6.13. The topological polar surface area (TPSA) is 26.3 Å². The van der Waals surface area contributed by atoms with Crippen LogP contribution in [0.4, 0.5) is 0 Å². The van der Waals surface area contributed by atoms with Crippen molar-refractivity contribution in [2.24, 2.45) is 5.92 Å². The number of rotatable bonds is 3. The van der Waals surface area contributed by atoms with Crippen molar-refractivity contribution < 1.29 is 9.53 Å². The Morgan fingerprint density at radius 2 is 2.31 bits per heavy atom. The molecule has 1 aliphatic rings. The van der Waals surface area contributed by atoms with Crippen LogP contribution in [0.25, 0.3) is 0 Å². The normalized spacial score (nSPS) is 22.9. The van der Waals surface area contributed by atoms with Gasteiger partial charge in [0, 0.05) is 4.47 Å². The first-order valence-electron chi connectivity index (χ1n) is 5.56. The van der Waals surface area contributed by atoms with Crippen LogP contribution in [-0.2, 0) is 9.53 Å². The van der Waals surface area contributed by atoms with Gasteiger partial charge in [-0.25, -0.2) is 0 Å². The molecule has 0 saturated heterocycles. The van der Waals surface area contributed by atoms with Crippen LogP contribution in [0.2, 0.25) is 0 Å². The number of aryl methyl sites for hydroxylation is 1. The Balaban J connectivity index is 2.08. The molecular formula is C13H15BrO2. The van der Waals surface area contributed by atoms with E-state index in [1.165, 1.54) is 11.1 Å². The molecule has 3 heteroatoms. The third-order valence-electron chi connectivity index (χ3n) is 2.94. The molecule has 0 heterocycles. The van der Waals surface area contributed by atoms with Crippen LogP contribution in [0.3, 0.4) is 0 Å². The molecule has 0 N–H and O–H groups in total. The smallest absolute Gasteiger partial charge is 0.309 e. The van der Waals surface area contributed by atoms with E-state index in [1.807, 2.05) is 6.92 Å². The first-order chi connectivity index (χ1) is 7.63. The highest BCUT2D eigenvalue weighted by Crippen LogP contribution is 2.50. The number of carbonyl (C=O) groups is 1. The van der Waals surface area contributed by atoms with Crippen LogP contribution in [-0.4, -0.2) is 12.6 Å². The number of carbonyl (C=O) groups excluding carboxylic acids is 1. The SMILES string of the molecule is CCOC(=O)[C@@H]1C[C@H]1c1ccc(C)cc1Br. The fourth-order valence-corrected chi connectivity index (χ4v) is 2.77. The van der Waals surface area contributed by atoms with Crippen LogP contribution in [0, 0.1) is 12.8 Å². The first-order valence-corrected chi connectivity index (χ1v) is 6.35. The van der Waals surface area contributed by atoms with Gasteiger partial charge in [0.1, 0.15) is 0 Å². The second kappa shape index (κ2) is 4.58. The van der Waals surface area contributed by atoms with Crippen LogP contribution in [0.15, 0.2) is 22.7 Å². The van der Waals surface area contributed by atoms with E-state index in [-0.39, 0.29) is 11.9 Å². The second-order valence-corrected chi connectivity index (χ2v) is 5.08. The number of hydrogen-bond acceptors (Lipinski definition) is 2. The average Bonchev–Trinajstić information content (AvgIpc) is 2.98. The van der Waals surface area contributed by atoms with E-state index < -0.39 is 0 Å². The van der Waals surface area contributed by atoms with Gasteiger partial charge in [-0.05, 0) is 43.4 Å². The summed E-state index contributed by atoms with van der Waals surface area (Å²) in [6.07, 6.45) is 0.917. The molecule has 16 heavy (non-hydrogen) atoms.